The Morgan fingerprint density at radius 2 is 1.88 bits per heavy atom. The molecule has 24 heavy (non-hydrogen) atoms. The van der Waals surface area contributed by atoms with Crippen molar-refractivity contribution in [1.82, 2.24) is 4.90 Å². The summed E-state index contributed by atoms with van der Waals surface area (Å²) in [5.74, 6) is -0.177. The fraction of sp³-hybridized carbons (Fsp3) is 0.300. The summed E-state index contributed by atoms with van der Waals surface area (Å²) >= 11 is 0. The molecule has 0 aliphatic carbocycles. The molecule has 0 radical (unpaired) electrons. The summed E-state index contributed by atoms with van der Waals surface area (Å²) in [4.78, 5) is 27.2. The van der Waals surface area contributed by atoms with E-state index in [2.05, 4.69) is 5.32 Å². The van der Waals surface area contributed by atoms with Gasteiger partial charge in [-0.1, -0.05) is 35.9 Å². The van der Waals surface area contributed by atoms with Crippen LogP contribution in [0.5, 0.6) is 0 Å². The van der Waals surface area contributed by atoms with Crippen LogP contribution in [-0.2, 0) is 4.79 Å². The summed E-state index contributed by atoms with van der Waals surface area (Å²) in [6.45, 7) is 4.54. The number of rotatable bonds is 3. The molecule has 1 saturated heterocycles. The van der Waals surface area contributed by atoms with Gasteiger partial charge in [0.25, 0.3) is 5.91 Å². The van der Waals surface area contributed by atoms with Gasteiger partial charge in [0.15, 0.2) is 0 Å². The van der Waals surface area contributed by atoms with Gasteiger partial charge in [-0.2, -0.15) is 0 Å². The molecule has 1 aliphatic heterocycles. The van der Waals surface area contributed by atoms with Crippen molar-refractivity contribution in [1.29, 1.82) is 0 Å². The predicted octanol–water partition coefficient (Wildman–Crippen LogP) is 3.55. The van der Waals surface area contributed by atoms with Gasteiger partial charge < -0.3 is 10.2 Å². The molecule has 0 spiro atoms. The van der Waals surface area contributed by atoms with Gasteiger partial charge in [0.1, 0.15) is 6.04 Å². The molecule has 2 amide bonds. The Kier molecular flexibility index (Phi) is 4.65. The average molecular weight is 322 g/mol. The Morgan fingerprint density at radius 3 is 2.62 bits per heavy atom. The summed E-state index contributed by atoms with van der Waals surface area (Å²) in [6.07, 6.45) is 1.55. The summed E-state index contributed by atoms with van der Waals surface area (Å²) in [5, 5.41) is 2.97. The lowest BCUT2D eigenvalue weighted by Crippen LogP contribution is -2.43. The van der Waals surface area contributed by atoms with Crippen LogP contribution in [0, 0.1) is 13.8 Å². The standard InChI is InChI=1S/C20H22N2O2/c1-14-7-5-9-16(13-14)20(24)22-12-6-11-18(22)19(23)21-17-10-4-3-8-15(17)2/h3-5,7-10,13,18H,6,11-12H2,1-2H3,(H,21,23). The van der Waals surface area contributed by atoms with Crippen LogP contribution >= 0.6 is 0 Å². The number of anilines is 1. The number of benzene rings is 2. The average Bonchev–Trinajstić information content (AvgIpc) is 3.06. The molecule has 0 bridgehead atoms. The summed E-state index contributed by atoms with van der Waals surface area (Å²) < 4.78 is 0. The minimum Gasteiger partial charge on any atom is -0.327 e. The van der Waals surface area contributed by atoms with Gasteiger partial charge in [0.05, 0.1) is 0 Å². The SMILES string of the molecule is Cc1cccc(C(=O)N2CCCC2C(=O)Nc2ccccc2C)c1. The molecule has 4 nitrogen and oxygen atoms in total. The van der Waals surface area contributed by atoms with E-state index in [-0.39, 0.29) is 11.8 Å². The monoisotopic (exact) mass is 322 g/mol. The van der Waals surface area contributed by atoms with Crippen LogP contribution in [0.15, 0.2) is 48.5 Å². The first-order chi connectivity index (χ1) is 11.6. The van der Waals surface area contributed by atoms with E-state index in [0.29, 0.717) is 18.5 Å². The molecule has 1 atom stereocenters. The molecule has 2 aromatic rings. The third kappa shape index (κ3) is 3.32. The number of carbonyl (C=O) groups excluding carboxylic acids is 2. The van der Waals surface area contributed by atoms with Crippen molar-refractivity contribution in [3.63, 3.8) is 0 Å². The molecule has 3 rings (SSSR count). The molecule has 124 valence electrons. The highest BCUT2D eigenvalue weighted by Gasteiger charge is 2.34. The van der Waals surface area contributed by atoms with Crippen molar-refractivity contribution in [2.45, 2.75) is 32.7 Å². The second-order valence-corrected chi connectivity index (χ2v) is 6.33. The molecule has 1 fully saturated rings. The van der Waals surface area contributed by atoms with E-state index >= 15 is 0 Å². The Hall–Kier alpha value is -2.62. The molecule has 1 unspecified atom stereocenters. The van der Waals surface area contributed by atoms with E-state index in [0.717, 1.165) is 23.2 Å². The number of para-hydroxylation sites is 1. The molecule has 1 aliphatic rings. The highest BCUT2D eigenvalue weighted by molar-refractivity contribution is 6.01. The lowest BCUT2D eigenvalue weighted by atomic mass is 10.1. The quantitative estimate of drug-likeness (QED) is 0.939. The van der Waals surface area contributed by atoms with Crippen LogP contribution in [0.25, 0.3) is 0 Å². The topological polar surface area (TPSA) is 49.4 Å². The van der Waals surface area contributed by atoms with Crippen molar-refractivity contribution in [2.75, 3.05) is 11.9 Å². The molecule has 0 aromatic heterocycles. The third-order valence-electron chi connectivity index (χ3n) is 4.48. The van der Waals surface area contributed by atoms with E-state index in [9.17, 15) is 9.59 Å². The van der Waals surface area contributed by atoms with Gasteiger partial charge in [-0.3, -0.25) is 9.59 Å². The van der Waals surface area contributed by atoms with Gasteiger partial charge >= 0.3 is 0 Å². The lowest BCUT2D eigenvalue weighted by molar-refractivity contribution is -0.119. The first kappa shape index (κ1) is 16.2. The zero-order valence-electron chi connectivity index (χ0n) is 14.1. The van der Waals surface area contributed by atoms with Crippen molar-refractivity contribution in [3.8, 4) is 0 Å². The highest BCUT2D eigenvalue weighted by Crippen LogP contribution is 2.23. The number of likely N-dealkylation sites (tertiary alicyclic amines) is 1. The van der Waals surface area contributed by atoms with Crippen molar-refractivity contribution < 1.29 is 9.59 Å². The summed E-state index contributed by atoms with van der Waals surface area (Å²) in [5.41, 5.74) is 3.50. The fourth-order valence-electron chi connectivity index (χ4n) is 3.16. The summed E-state index contributed by atoms with van der Waals surface area (Å²) in [6, 6.07) is 14.8. The van der Waals surface area contributed by atoms with Crippen LogP contribution in [0.3, 0.4) is 0 Å². The van der Waals surface area contributed by atoms with Crippen LogP contribution in [0.1, 0.15) is 34.3 Å². The minimum absolute atomic E-state index is 0.0684. The van der Waals surface area contributed by atoms with Gasteiger partial charge in [-0.25, -0.2) is 0 Å². The number of nitrogens with zero attached hydrogens (tertiary/aromatic N) is 1. The second-order valence-electron chi connectivity index (χ2n) is 6.33. The third-order valence-corrected chi connectivity index (χ3v) is 4.48. The van der Waals surface area contributed by atoms with Crippen LogP contribution in [0.2, 0.25) is 0 Å². The Bertz CT molecular complexity index is 770. The Labute approximate surface area is 142 Å². The maximum atomic E-state index is 12.8. The smallest absolute Gasteiger partial charge is 0.254 e. The molecule has 4 heteroatoms. The van der Waals surface area contributed by atoms with Gasteiger partial charge in [0, 0.05) is 17.8 Å². The first-order valence-corrected chi connectivity index (χ1v) is 8.30. The van der Waals surface area contributed by atoms with E-state index in [1.807, 2.05) is 62.4 Å². The number of hydrogen-bond acceptors (Lipinski definition) is 2. The highest BCUT2D eigenvalue weighted by atomic mass is 16.2. The van der Waals surface area contributed by atoms with E-state index in [1.165, 1.54) is 0 Å². The van der Waals surface area contributed by atoms with Crippen molar-refractivity contribution >= 4 is 17.5 Å². The van der Waals surface area contributed by atoms with Gasteiger partial charge in [-0.05, 0) is 50.5 Å². The number of nitrogens with one attached hydrogen (secondary N) is 1. The number of carbonyl (C=O) groups is 2. The second kappa shape index (κ2) is 6.87. The molecule has 1 N–H and O–H groups in total. The Morgan fingerprint density at radius 1 is 1.08 bits per heavy atom. The van der Waals surface area contributed by atoms with Crippen LogP contribution in [-0.4, -0.2) is 29.3 Å². The van der Waals surface area contributed by atoms with Crippen LogP contribution in [0.4, 0.5) is 5.69 Å². The Balaban J connectivity index is 1.76. The number of hydrogen-bond donors (Lipinski definition) is 1. The molecule has 2 aromatic carbocycles. The van der Waals surface area contributed by atoms with Crippen molar-refractivity contribution in [3.05, 3.63) is 65.2 Å². The normalized spacial score (nSPS) is 16.9. The zero-order valence-corrected chi connectivity index (χ0v) is 14.1. The van der Waals surface area contributed by atoms with Crippen LogP contribution < -0.4 is 5.32 Å². The van der Waals surface area contributed by atoms with E-state index < -0.39 is 6.04 Å². The lowest BCUT2D eigenvalue weighted by Gasteiger charge is -2.24. The fourth-order valence-corrected chi connectivity index (χ4v) is 3.16. The maximum Gasteiger partial charge on any atom is 0.254 e. The van der Waals surface area contributed by atoms with Gasteiger partial charge in [-0.15, -0.1) is 0 Å². The van der Waals surface area contributed by atoms with Gasteiger partial charge in [0.2, 0.25) is 5.91 Å². The largest absolute Gasteiger partial charge is 0.327 e. The molecular weight excluding hydrogens is 300 g/mol. The summed E-state index contributed by atoms with van der Waals surface area (Å²) in [7, 11) is 0. The first-order valence-electron chi connectivity index (χ1n) is 8.30. The van der Waals surface area contributed by atoms with Crippen molar-refractivity contribution in [2.24, 2.45) is 0 Å². The molecule has 0 saturated carbocycles. The number of aryl methyl sites for hydroxylation is 2. The molecule has 1 heterocycles. The van der Waals surface area contributed by atoms with E-state index in [4.69, 9.17) is 0 Å². The minimum atomic E-state index is -0.405. The molecular formula is C20H22N2O2. The number of amides is 2. The maximum absolute atomic E-state index is 12.8. The zero-order chi connectivity index (χ0) is 17.1. The predicted molar refractivity (Wildman–Crippen MR) is 95.0 cm³/mol. The van der Waals surface area contributed by atoms with E-state index in [1.54, 1.807) is 4.90 Å².